The van der Waals surface area contributed by atoms with Gasteiger partial charge in [-0.25, -0.2) is 0 Å². The maximum atomic E-state index is 12.7. The molecule has 2 aromatic carbocycles. The smallest absolute Gasteiger partial charge is 0.387 e. The second kappa shape index (κ2) is 9.13. The molecule has 1 aliphatic rings. The highest BCUT2D eigenvalue weighted by Gasteiger charge is 2.34. The van der Waals surface area contributed by atoms with Gasteiger partial charge in [0, 0.05) is 12.2 Å². The van der Waals surface area contributed by atoms with Crippen LogP contribution in [0, 0.1) is 0 Å². The highest BCUT2D eigenvalue weighted by molar-refractivity contribution is 6.00. The molecule has 152 valence electrons. The zero-order valence-electron chi connectivity index (χ0n) is 15.3. The molecule has 0 bridgehead atoms. The van der Waals surface area contributed by atoms with Crippen molar-refractivity contribution in [2.45, 2.75) is 25.6 Å². The zero-order chi connectivity index (χ0) is 20.8. The van der Waals surface area contributed by atoms with Crippen molar-refractivity contribution in [3.63, 3.8) is 0 Å². The van der Waals surface area contributed by atoms with Crippen LogP contribution in [0.3, 0.4) is 0 Å². The van der Waals surface area contributed by atoms with Crippen LogP contribution >= 0.6 is 0 Å². The molecule has 0 spiro atoms. The molecule has 0 aliphatic carbocycles. The second-order valence-electron chi connectivity index (χ2n) is 6.46. The fourth-order valence-corrected chi connectivity index (χ4v) is 2.97. The molecule has 3 rings (SSSR count). The number of carbonyl (C=O) groups is 3. The van der Waals surface area contributed by atoms with E-state index in [4.69, 9.17) is 0 Å². The maximum Gasteiger partial charge on any atom is 0.387 e. The fourth-order valence-electron chi connectivity index (χ4n) is 2.97. The average molecular weight is 403 g/mol. The van der Waals surface area contributed by atoms with E-state index in [1.54, 1.807) is 0 Å². The number of piperazine rings is 1. The Labute approximate surface area is 165 Å². The number of amides is 3. The van der Waals surface area contributed by atoms with Crippen molar-refractivity contribution < 1.29 is 27.9 Å². The Bertz CT molecular complexity index is 875. The topological polar surface area (TPSA) is 87.7 Å². The highest BCUT2D eigenvalue weighted by atomic mass is 19.3. The van der Waals surface area contributed by atoms with Gasteiger partial charge in [0.15, 0.2) is 0 Å². The van der Waals surface area contributed by atoms with E-state index >= 15 is 0 Å². The molecule has 7 nitrogen and oxygen atoms in total. The molecule has 2 aromatic rings. The maximum absolute atomic E-state index is 12.7. The Hall–Kier alpha value is -3.49. The monoisotopic (exact) mass is 403 g/mol. The Morgan fingerprint density at radius 2 is 1.83 bits per heavy atom. The summed E-state index contributed by atoms with van der Waals surface area (Å²) in [7, 11) is 0. The molecular formula is C20H19F2N3O4. The Morgan fingerprint density at radius 1 is 1.14 bits per heavy atom. The van der Waals surface area contributed by atoms with E-state index < -0.39 is 18.6 Å². The number of rotatable bonds is 7. The number of anilines is 1. The molecule has 0 unspecified atom stereocenters. The lowest BCUT2D eigenvalue weighted by Crippen LogP contribution is -2.58. The number of carbonyl (C=O) groups excluding carboxylic acids is 3. The van der Waals surface area contributed by atoms with Gasteiger partial charge < -0.3 is 20.3 Å². The molecule has 0 radical (unpaired) electrons. The molecule has 1 atom stereocenters. The minimum absolute atomic E-state index is 0.0377. The average Bonchev–Trinajstić information content (AvgIpc) is 2.67. The first-order chi connectivity index (χ1) is 13.9. The van der Waals surface area contributed by atoms with Crippen LogP contribution in [-0.4, -0.2) is 41.8 Å². The second-order valence-corrected chi connectivity index (χ2v) is 6.46. The summed E-state index contributed by atoms with van der Waals surface area (Å²) in [4.78, 5) is 38.3. The Kier molecular flexibility index (Phi) is 6.38. The van der Waals surface area contributed by atoms with Crippen LogP contribution in [-0.2, 0) is 20.9 Å². The van der Waals surface area contributed by atoms with Gasteiger partial charge in [0.05, 0.1) is 13.0 Å². The van der Waals surface area contributed by atoms with E-state index in [9.17, 15) is 23.2 Å². The third kappa shape index (κ3) is 5.74. The van der Waals surface area contributed by atoms with E-state index in [0.717, 1.165) is 5.56 Å². The summed E-state index contributed by atoms with van der Waals surface area (Å²) in [5.41, 5.74) is 1.23. The summed E-state index contributed by atoms with van der Waals surface area (Å²) in [5, 5.41) is 5.10. The molecule has 1 fully saturated rings. The van der Waals surface area contributed by atoms with Gasteiger partial charge in [-0.1, -0.05) is 30.3 Å². The number of alkyl halides is 2. The first kappa shape index (κ1) is 20.2. The number of hydrogen-bond acceptors (Lipinski definition) is 4. The summed E-state index contributed by atoms with van der Waals surface area (Å²) in [6, 6.07) is 13.6. The number of ether oxygens (including phenoxy) is 1. The predicted octanol–water partition coefficient (Wildman–Crippen LogP) is 2.14. The summed E-state index contributed by atoms with van der Waals surface area (Å²) in [5.74, 6) is -1.21. The summed E-state index contributed by atoms with van der Waals surface area (Å²) >= 11 is 0. The van der Waals surface area contributed by atoms with Crippen molar-refractivity contribution in [2.75, 3.05) is 11.9 Å². The van der Waals surface area contributed by atoms with E-state index in [-0.39, 0.29) is 37.1 Å². The van der Waals surface area contributed by atoms with Crippen LogP contribution in [0.4, 0.5) is 14.5 Å². The van der Waals surface area contributed by atoms with Gasteiger partial charge in [0.25, 0.3) is 0 Å². The lowest BCUT2D eigenvalue weighted by Gasteiger charge is -2.32. The minimum atomic E-state index is -2.94. The van der Waals surface area contributed by atoms with Gasteiger partial charge in [-0.2, -0.15) is 8.78 Å². The van der Waals surface area contributed by atoms with Crippen LogP contribution in [0.1, 0.15) is 12.0 Å². The van der Waals surface area contributed by atoms with Crippen molar-refractivity contribution in [1.29, 1.82) is 0 Å². The molecular weight excluding hydrogens is 384 g/mol. The molecule has 1 heterocycles. The lowest BCUT2D eigenvalue weighted by molar-refractivity contribution is -0.145. The molecule has 9 heteroatoms. The number of nitrogens with zero attached hydrogens (tertiary/aromatic N) is 1. The Morgan fingerprint density at radius 3 is 2.48 bits per heavy atom. The van der Waals surface area contributed by atoms with Gasteiger partial charge in [0.2, 0.25) is 17.7 Å². The molecule has 1 saturated heterocycles. The van der Waals surface area contributed by atoms with Gasteiger partial charge in [-0.3, -0.25) is 14.4 Å². The van der Waals surface area contributed by atoms with Crippen LogP contribution in [0.2, 0.25) is 0 Å². The van der Waals surface area contributed by atoms with Crippen molar-refractivity contribution in [3.05, 3.63) is 60.2 Å². The molecule has 3 amide bonds. The summed E-state index contributed by atoms with van der Waals surface area (Å²) in [6.45, 7) is -2.73. The van der Waals surface area contributed by atoms with Gasteiger partial charge in [-0.15, -0.1) is 0 Å². The largest absolute Gasteiger partial charge is 0.435 e. The SMILES string of the molecule is O=C(C[C@H]1NC(=O)CN(Cc2ccccc2)C1=O)Nc1ccc(OC(F)F)cc1. The molecule has 0 saturated carbocycles. The molecule has 29 heavy (non-hydrogen) atoms. The fraction of sp³-hybridized carbons (Fsp3) is 0.250. The van der Waals surface area contributed by atoms with Crippen LogP contribution in [0.5, 0.6) is 5.75 Å². The van der Waals surface area contributed by atoms with Gasteiger partial charge >= 0.3 is 6.61 Å². The number of nitrogens with one attached hydrogen (secondary N) is 2. The van der Waals surface area contributed by atoms with E-state index in [0.29, 0.717) is 5.69 Å². The minimum Gasteiger partial charge on any atom is -0.435 e. The van der Waals surface area contributed by atoms with Crippen LogP contribution in [0.15, 0.2) is 54.6 Å². The predicted molar refractivity (Wildman–Crippen MR) is 100 cm³/mol. The molecule has 1 aliphatic heterocycles. The normalized spacial score (nSPS) is 16.5. The van der Waals surface area contributed by atoms with Crippen molar-refractivity contribution in [1.82, 2.24) is 10.2 Å². The number of halogens is 2. The molecule has 2 N–H and O–H groups in total. The zero-order valence-corrected chi connectivity index (χ0v) is 15.3. The lowest BCUT2D eigenvalue weighted by atomic mass is 10.1. The van der Waals surface area contributed by atoms with Crippen LogP contribution in [0.25, 0.3) is 0 Å². The van der Waals surface area contributed by atoms with E-state index in [1.807, 2.05) is 30.3 Å². The standard InChI is InChI=1S/C20H19F2N3O4/c21-20(22)29-15-8-6-14(7-9-15)23-17(26)10-16-19(28)25(12-18(27)24-16)11-13-4-2-1-3-5-13/h1-9,16,20H,10-12H2,(H,23,26)(H,24,27)/t16-/m1/s1. The first-order valence-corrected chi connectivity index (χ1v) is 8.87. The number of hydrogen-bond donors (Lipinski definition) is 2. The molecule has 0 aromatic heterocycles. The van der Waals surface area contributed by atoms with Crippen molar-refractivity contribution >= 4 is 23.4 Å². The first-order valence-electron chi connectivity index (χ1n) is 8.87. The van der Waals surface area contributed by atoms with Crippen LogP contribution < -0.4 is 15.4 Å². The highest BCUT2D eigenvalue weighted by Crippen LogP contribution is 2.18. The third-order valence-electron chi connectivity index (χ3n) is 4.25. The van der Waals surface area contributed by atoms with Gasteiger partial charge in [0.1, 0.15) is 11.8 Å². The van der Waals surface area contributed by atoms with Gasteiger partial charge in [-0.05, 0) is 29.8 Å². The van der Waals surface area contributed by atoms with Crippen molar-refractivity contribution in [3.8, 4) is 5.75 Å². The van der Waals surface area contributed by atoms with E-state index in [1.165, 1.54) is 29.2 Å². The number of benzene rings is 2. The Balaban J connectivity index is 1.58. The van der Waals surface area contributed by atoms with E-state index in [2.05, 4.69) is 15.4 Å². The summed E-state index contributed by atoms with van der Waals surface area (Å²) in [6.07, 6.45) is -0.245. The summed E-state index contributed by atoms with van der Waals surface area (Å²) < 4.78 is 28.6. The van der Waals surface area contributed by atoms with Crippen molar-refractivity contribution in [2.24, 2.45) is 0 Å². The quantitative estimate of drug-likeness (QED) is 0.742. The third-order valence-corrected chi connectivity index (χ3v) is 4.25.